The number of nitrogens with zero attached hydrogens (tertiary/aromatic N) is 3. The molecule has 0 aliphatic carbocycles. The van der Waals surface area contributed by atoms with E-state index in [4.69, 9.17) is 4.74 Å². The molecule has 0 saturated heterocycles. The Kier molecular flexibility index (Phi) is 5.97. The number of hydrogen-bond donors (Lipinski definition) is 2. The van der Waals surface area contributed by atoms with Crippen LogP contribution >= 0.6 is 0 Å². The molecule has 5 rings (SSSR count). The van der Waals surface area contributed by atoms with Crippen molar-refractivity contribution in [1.82, 2.24) is 15.1 Å². The minimum absolute atomic E-state index is 0.238. The molecular weight excluding hydrogens is 473 g/mol. The van der Waals surface area contributed by atoms with Crippen molar-refractivity contribution in [1.29, 1.82) is 0 Å². The van der Waals surface area contributed by atoms with E-state index >= 15 is 0 Å². The molecule has 184 valence electrons. The summed E-state index contributed by atoms with van der Waals surface area (Å²) in [6.45, 7) is 0.111. The van der Waals surface area contributed by atoms with E-state index in [0.29, 0.717) is 12.3 Å². The van der Waals surface area contributed by atoms with Gasteiger partial charge in [-0.2, -0.15) is 18.3 Å². The first-order valence-electron chi connectivity index (χ1n) is 11.1. The lowest BCUT2D eigenvalue weighted by atomic mass is 9.95. The van der Waals surface area contributed by atoms with Gasteiger partial charge in [-0.15, -0.1) is 0 Å². The molecule has 1 aromatic heterocycles. The van der Waals surface area contributed by atoms with Gasteiger partial charge in [0.05, 0.1) is 31.6 Å². The van der Waals surface area contributed by atoms with Crippen LogP contribution in [0.5, 0.6) is 5.75 Å². The van der Waals surface area contributed by atoms with Crippen molar-refractivity contribution in [3.05, 3.63) is 88.7 Å². The molecule has 0 amide bonds. The third kappa shape index (κ3) is 4.31. The predicted molar refractivity (Wildman–Crippen MR) is 128 cm³/mol. The molecule has 0 spiro atoms. The van der Waals surface area contributed by atoms with Crippen molar-refractivity contribution >= 4 is 28.6 Å². The van der Waals surface area contributed by atoms with E-state index in [1.165, 1.54) is 0 Å². The Morgan fingerprint density at radius 3 is 2.61 bits per heavy atom. The maximum absolute atomic E-state index is 13.9. The number of alkyl halides is 3. The van der Waals surface area contributed by atoms with Gasteiger partial charge in [0, 0.05) is 23.7 Å². The fourth-order valence-corrected chi connectivity index (χ4v) is 4.51. The van der Waals surface area contributed by atoms with E-state index < -0.39 is 29.4 Å². The summed E-state index contributed by atoms with van der Waals surface area (Å²) >= 11 is 0. The van der Waals surface area contributed by atoms with Crippen molar-refractivity contribution in [2.75, 3.05) is 7.11 Å². The van der Waals surface area contributed by atoms with E-state index in [1.807, 2.05) is 42.5 Å². The average molecular weight is 494 g/mol. The SMILES string of the molecule is COc1ccc(CNC(Cn2ncc(C(=O)O)c2C(F)(F)F)c2ccc3c4c(cccc24)C=N3)cc1. The highest BCUT2D eigenvalue weighted by molar-refractivity contribution is 6.12. The second-order valence-corrected chi connectivity index (χ2v) is 8.38. The van der Waals surface area contributed by atoms with Crippen LogP contribution in [0, 0.1) is 0 Å². The topological polar surface area (TPSA) is 88.7 Å². The molecule has 0 bridgehead atoms. The minimum atomic E-state index is -4.89. The molecule has 7 nitrogen and oxygen atoms in total. The summed E-state index contributed by atoms with van der Waals surface area (Å²) in [5.74, 6) is -0.992. The minimum Gasteiger partial charge on any atom is -0.497 e. The summed E-state index contributed by atoms with van der Waals surface area (Å²) in [7, 11) is 1.57. The number of aromatic carboxylic acids is 1. The molecule has 1 unspecified atom stereocenters. The fourth-order valence-electron chi connectivity index (χ4n) is 4.51. The summed E-state index contributed by atoms with van der Waals surface area (Å²) in [6.07, 6.45) is -2.39. The summed E-state index contributed by atoms with van der Waals surface area (Å²) in [4.78, 5) is 15.9. The molecule has 1 atom stereocenters. The summed E-state index contributed by atoms with van der Waals surface area (Å²) in [5.41, 5.74) is 1.21. The van der Waals surface area contributed by atoms with Crippen LogP contribution in [0.15, 0.2) is 65.8 Å². The number of rotatable bonds is 8. The molecule has 10 heteroatoms. The Bertz CT molecular complexity index is 1460. The number of halogens is 3. The molecule has 2 N–H and O–H groups in total. The molecule has 4 aromatic rings. The third-order valence-corrected chi connectivity index (χ3v) is 6.21. The monoisotopic (exact) mass is 494 g/mol. The smallest absolute Gasteiger partial charge is 0.433 e. The average Bonchev–Trinajstić information content (AvgIpc) is 3.48. The zero-order valence-corrected chi connectivity index (χ0v) is 19.1. The van der Waals surface area contributed by atoms with Gasteiger partial charge in [-0.25, -0.2) is 4.79 Å². The van der Waals surface area contributed by atoms with E-state index in [-0.39, 0.29) is 6.54 Å². The fraction of sp³-hybridized carbons (Fsp3) is 0.192. The number of nitrogens with one attached hydrogen (secondary N) is 1. The number of hydrogen-bond acceptors (Lipinski definition) is 5. The first-order chi connectivity index (χ1) is 17.3. The zero-order chi connectivity index (χ0) is 25.4. The molecule has 1 aliphatic heterocycles. The van der Waals surface area contributed by atoms with Crippen molar-refractivity contribution < 1.29 is 27.8 Å². The van der Waals surface area contributed by atoms with Crippen LogP contribution in [-0.4, -0.2) is 34.2 Å². The van der Waals surface area contributed by atoms with E-state index in [9.17, 15) is 23.1 Å². The third-order valence-electron chi connectivity index (χ3n) is 6.21. The first-order valence-corrected chi connectivity index (χ1v) is 11.1. The second kappa shape index (κ2) is 9.12. The summed E-state index contributed by atoms with van der Waals surface area (Å²) in [5, 5.41) is 18.2. The molecule has 0 saturated carbocycles. The van der Waals surface area contributed by atoms with Crippen molar-refractivity contribution in [3.63, 3.8) is 0 Å². The summed E-state index contributed by atoms with van der Waals surface area (Å²) in [6, 6.07) is 16.1. The van der Waals surface area contributed by atoms with Gasteiger partial charge < -0.3 is 15.2 Å². The van der Waals surface area contributed by atoms with Gasteiger partial charge in [0.2, 0.25) is 0 Å². The lowest BCUT2D eigenvalue weighted by molar-refractivity contribution is -0.144. The highest BCUT2D eigenvalue weighted by Gasteiger charge is 2.40. The Morgan fingerprint density at radius 2 is 1.92 bits per heavy atom. The number of methoxy groups -OCH3 is 1. The van der Waals surface area contributed by atoms with Gasteiger partial charge in [-0.05, 0) is 34.7 Å². The maximum atomic E-state index is 13.9. The Balaban J connectivity index is 1.56. The molecule has 1 aliphatic rings. The highest BCUT2D eigenvalue weighted by Crippen LogP contribution is 2.38. The van der Waals surface area contributed by atoms with Gasteiger partial charge >= 0.3 is 12.1 Å². The normalized spacial score (nSPS) is 13.3. The maximum Gasteiger partial charge on any atom is 0.433 e. The van der Waals surface area contributed by atoms with Crippen molar-refractivity contribution in [2.24, 2.45) is 4.99 Å². The van der Waals surface area contributed by atoms with Crippen LogP contribution < -0.4 is 10.1 Å². The Morgan fingerprint density at radius 1 is 1.14 bits per heavy atom. The van der Waals surface area contributed by atoms with Crippen LogP contribution in [0.1, 0.15) is 38.8 Å². The lowest BCUT2D eigenvalue weighted by Gasteiger charge is -2.23. The zero-order valence-electron chi connectivity index (χ0n) is 19.1. The number of aliphatic imine (C=N–C) groups is 1. The van der Waals surface area contributed by atoms with Crippen LogP contribution in [0.25, 0.3) is 10.8 Å². The Labute approximate surface area is 203 Å². The van der Waals surface area contributed by atoms with Crippen LogP contribution in [-0.2, 0) is 19.3 Å². The number of ether oxygens (including phenoxy) is 1. The van der Waals surface area contributed by atoms with Gasteiger partial charge in [0.15, 0.2) is 5.69 Å². The van der Waals surface area contributed by atoms with Crippen LogP contribution in [0.3, 0.4) is 0 Å². The predicted octanol–water partition coefficient (Wildman–Crippen LogP) is 5.36. The standard InChI is InChI=1S/C26H21F3N4O3/c1-36-17-7-5-15(6-8-17)11-30-22(14-33-24(26(27,28)29)20(13-32-33)25(34)35)18-9-10-21-23-16(12-31-21)3-2-4-19(18)23/h2-10,12-13,22,30H,11,14H2,1H3,(H,34,35). The lowest BCUT2D eigenvalue weighted by Crippen LogP contribution is -2.28. The number of carboxylic acids is 1. The number of carbonyl (C=O) groups is 1. The van der Waals surface area contributed by atoms with Crippen LogP contribution in [0.4, 0.5) is 18.9 Å². The summed E-state index contributed by atoms with van der Waals surface area (Å²) < 4.78 is 47.5. The largest absolute Gasteiger partial charge is 0.497 e. The molecule has 36 heavy (non-hydrogen) atoms. The quantitative estimate of drug-likeness (QED) is 0.303. The molecular formula is C26H21F3N4O3. The van der Waals surface area contributed by atoms with Crippen molar-refractivity contribution in [3.8, 4) is 5.75 Å². The van der Waals surface area contributed by atoms with Gasteiger partial charge in [-0.3, -0.25) is 9.67 Å². The number of aromatic nitrogens is 2. The molecule has 0 radical (unpaired) electrons. The highest BCUT2D eigenvalue weighted by atomic mass is 19.4. The first kappa shape index (κ1) is 23.6. The van der Waals surface area contributed by atoms with E-state index in [2.05, 4.69) is 15.4 Å². The molecule has 0 fully saturated rings. The van der Waals surface area contributed by atoms with Gasteiger partial charge in [0.25, 0.3) is 0 Å². The van der Waals surface area contributed by atoms with Gasteiger partial charge in [-0.1, -0.05) is 36.4 Å². The molecule has 3 aromatic carbocycles. The van der Waals surface area contributed by atoms with E-state index in [0.717, 1.165) is 44.0 Å². The van der Waals surface area contributed by atoms with Gasteiger partial charge in [0.1, 0.15) is 11.3 Å². The van der Waals surface area contributed by atoms with Crippen LogP contribution in [0.2, 0.25) is 0 Å². The Hall–Kier alpha value is -4.18. The number of benzene rings is 3. The number of carboxylic acid groups (broad SMARTS) is 1. The molecule has 2 heterocycles. The second-order valence-electron chi connectivity index (χ2n) is 8.38. The van der Waals surface area contributed by atoms with Crippen molar-refractivity contribution in [2.45, 2.75) is 25.3 Å². The van der Waals surface area contributed by atoms with E-state index in [1.54, 1.807) is 25.5 Å².